The van der Waals surface area contributed by atoms with E-state index < -0.39 is 12.1 Å². The fraction of sp³-hybridized carbons (Fsp3) is 0.583. The second-order valence-corrected chi connectivity index (χ2v) is 4.97. The highest BCUT2D eigenvalue weighted by atomic mass is 19.4. The van der Waals surface area contributed by atoms with Crippen LogP contribution in [0.1, 0.15) is 37.4 Å². The fourth-order valence-corrected chi connectivity index (χ4v) is 2.67. The Hall–Kier alpha value is -1.66. The van der Waals surface area contributed by atoms with Gasteiger partial charge in [-0.3, -0.25) is 0 Å². The molecule has 19 heavy (non-hydrogen) atoms. The first-order valence-electron chi connectivity index (χ1n) is 6.26. The lowest BCUT2D eigenvalue weighted by molar-refractivity contribution is -0.182. The van der Waals surface area contributed by atoms with E-state index in [4.69, 9.17) is 0 Å². The van der Waals surface area contributed by atoms with E-state index in [1.807, 2.05) is 0 Å². The summed E-state index contributed by atoms with van der Waals surface area (Å²) in [5.41, 5.74) is 1.30. The Morgan fingerprint density at radius 1 is 1.16 bits per heavy atom. The number of alkyl halides is 3. The van der Waals surface area contributed by atoms with Crippen molar-refractivity contribution in [1.29, 1.82) is 0 Å². The number of H-pyrrole nitrogens is 1. The Morgan fingerprint density at radius 3 is 2.53 bits per heavy atom. The number of nitrogens with zero attached hydrogens (tertiary/aromatic N) is 3. The Labute approximate surface area is 107 Å². The molecule has 0 spiro atoms. The molecule has 1 fully saturated rings. The predicted molar refractivity (Wildman–Crippen MR) is 62.4 cm³/mol. The van der Waals surface area contributed by atoms with Crippen molar-refractivity contribution in [3.05, 3.63) is 18.3 Å². The van der Waals surface area contributed by atoms with Crippen LogP contribution in [-0.2, 0) is 0 Å². The van der Waals surface area contributed by atoms with Crippen molar-refractivity contribution >= 4 is 11.2 Å². The van der Waals surface area contributed by atoms with Gasteiger partial charge in [0.1, 0.15) is 17.7 Å². The van der Waals surface area contributed by atoms with Gasteiger partial charge in [0.25, 0.3) is 0 Å². The van der Waals surface area contributed by atoms with Gasteiger partial charge in [0, 0.05) is 5.92 Å². The van der Waals surface area contributed by atoms with E-state index in [-0.39, 0.29) is 18.8 Å². The molecule has 0 amide bonds. The molecule has 1 N–H and O–H groups in total. The zero-order valence-corrected chi connectivity index (χ0v) is 10.1. The molecular formula is C12H13F3N4. The Morgan fingerprint density at radius 2 is 1.89 bits per heavy atom. The first-order chi connectivity index (χ1) is 9.04. The lowest BCUT2D eigenvalue weighted by atomic mass is 9.81. The number of hydrogen-bond acceptors (Lipinski definition) is 3. The summed E-state index contributed by atoms with van der Waals surface area (Å²) in [5, 5.41) is 0. The van der Waals surface area contributed by atoms with E-state index in [1.165, 1.54) is 6.33 Å². The zero-order chi connectivity index (χ0) is 13.5. The average molecular weight is 270 g/mol. The second kappa shape index (κ2) is 4.47. The Kier molecular flexibility index (Phi) is 2.91. The number of halogens is 3. The summed E-state index contributed by atoms with van der Waals surface area (Å²) < 4.78 is 37.8. The third kappa shape index (κ3) is 2.41. The molecule has 1 aliphatic carbocycles. The number of rotatable bonds is 1. The van der Waals surface area contributed by atoms with E-state index in [0.717, 1.165) is 11.3 Å². The minimum atomic E-state index is -4.07. The van der Waals surface area contributed by atoms with Gasteiger partial charge in [-0.1, -0.05) is 0 Å². The lowest BCUT2D eigenvalue weighted by Crippen LogP contribution is -2.27. The molecule has 1 aliphatic rings. The summed E-state index contributed by atoms with van der Waals surface area (Å²) >= 11 is 0. The standard InChI is InChI=1S/C12H13F3N4/c13-12(14,15)8-3-1-7(2-4-8)10-18-9-5-16-6-17-11(9)19-10/h5-8H,1-4H2,(H,16,17,18,19). The van der Waals surface area contributed by atoms with E-state index >= 15 is 0 Å². The summed E-state index contributed by atoms with van der Waals surface area (Å²) in [7, 11) is 0. The summed E-state index contributed by atoms with van der Waals surface area (Å²) in [6, 6.07) is 0. The maximum atomic E-state index is 12.6. The second-order valence-electron chi connectivity index (χ2n) is 4.97. The van der Waals surface area contributed by atoms with E-state index in [1.54, 1.807) is 6.20 Å². The van der Waals surface area contributed by atoms with Gasteiger partial charge in [0.2, 0.25) is 0 Å². The molecule has 7 heteroatoms. The normalized spacial score (nSPS) is 24.8. The van der Waals surface area contributed by atoms with Crippen LogP contribution in [0, 0.1) is 5.92 Å². The van der Waals surface area contributed by atoms with Crippen LogP contribution in [0.15, 0.2) is 12.5 Å². The molecule has 1 saturated carbocycles. The molecule has 0 radical (unpaired) electrons. The van der Waals surface area contributed by atoms with Crippen molar-refractivity contribution in [3.8, 4) is 0 Å². The number of nitrogens with one attached hydrogen (secondary N) is 1. The number of fused-ring (bicyclic) bond motifs is 1. The Bertz CT molecular complexity index is 537. The number of imidazole rings is 1. The van der Waals surface area contributed by atoms with Gasteiger partial charge in [-0.05, 0) is 25.7 Å². The van der Waals surface area contributed by atoms with Crippen LogP contribution in [0.5, 0.6) is 0 Å². The predicted octanol–water partition coefficient (Wildman–Crippen LogP) is 3.19. The van der Waals surface area contributed by atoms with Gasteiger partial charge < -0.3 is 4.98 Å². The molecule has 2 aromatic rings. The minimum absolute atomic E-state index is 0.0628. The van der Waals surface area contributed by atoms with Crippen LogP contribution in [0.3, 0.4) is 0 Å². The van der Waals surface area contributed by atoms with Gasteiger partial charge >= 0.3 is 6.18 Å². The SMILES string of the molecule is FC(F)(F)C1CCC(c2nc3ncncc3[nH]2)CC1. The summed E-state index contributed by atoms with van der Waals surface area (Å²) in [6.45, 7) is 0. The van der Waals surface area contributed by atoms with Gasteiger partial charge in [0.05, 0.1) is 12.1 Å². The van der Waals surface area contributed by atoms with Crippen LogP contribution in [0.2, 0.25) is 0 Å². The van der Waals surface area contributed by atoms with E-state index in [0.29, 0.717) is 18.5 Å². The zero-order valence-electron chi connectivity index (χ0n) is 10.1. The van der Waals surface area contributed by atoms with Crippen molar-refractivity contribution in [2.75, 3.05) is 0 Å². The topological polar surface area (TPSA) is 54.5 Å². The molecule has 102 valence electrons. The van der Waals surface area contributed by atoms with Crippen LogP contribution in [0.4, 0.5) is 13.2 Å². The van der Waals surface area contributed by atoms with Crippen molar-refractivity contribution < 1.29 is 13.2 Å². The maximum Gasteiger partial charge on any atom is 0.391 e. The molecule has 0 atom stereocenters. The van der Waals surface area contributed by atoms with Crippen LogP contribution < -0.4 is 0 Å². The molecule has 0 saturated heterocycles. The Balaban J connectivity index is 1.74. The molecular weight excluding hydrogens is 257 g/mol. The van der Waals surface area contributed by atoms with Crippen molar-refractivity contribution in [3.63, 3.8) is 0 Å². The molecule has 2 aromatic heterocycles. The van der Waals surface area contributed by atoms with Crippen LogP contribution in [0.25, 0.3) is 11.2 Å². The number of aromatic amines is 1. The molecule has 3 rings (SSSR count). The average Bonchev–Trinajstić information content (AvgIpc) is 2.81. The van der Waals surface area contributed by atoms with Gasteiger partial charge in [-0.2, -0.15) is 13.2 Å². The summed E-state index contributed by atoms with van der Waals surface area (Å²) in [6.07, 6.45) is 0.348. The van der Waals surface area contributed by atoms with Crippen molar-refractivity contribution in [1.82, 2.24) is 19.9 Å². The number of hydrogen-bond donors (Lipinski definition) is 1. The van der Waals surface area contributed by atoms with Crippen LogP contribution >= 0.6 is 0 Å². The first-order valence-corrected chi connectivity index (χ1v) is 6.26. The monoisotopic (exact) mass is 270 g/mol. The molecule has 0 aromatic carbocycles. The lowest BCUT2D eigenvalue weighted by Gasteiger charge is -2.28. The molecule has 0 aliphatic heterocycles. The molecule has 0 unspecified atom stereocenters. The first kappa shape index (κ1) is 12.4. The third-order valence-electron chi connectivity index (χ3n) is 3.76. The minimum Gasteiger partial charge on any atom is -0.339 e. The quantitative estimate of drug-likeness (QED) is 0.865. The van der Waals surface area contributed by atoms with Crippen molar-refractivity contribution in [2.24, 2.45) is 5.92 Å². The van der Waals surface area contributed by atoms with E-state index in [2.05, 4.69) is 19.9 Å². The highest BCUT2D eigenvalue weighted by molar-refractivity contribution is 5.68. The van der Waals surface area contributed by atoms with E-state index in [9.17, 15) is 13.2 Å². The molecule has 4 nitrogen and oxygen atoms in total. The third-order valence-corrected chi connectivity index (χ3v) is 3.76. The maximum absolute atomic E-state index is 12.6. The highest BCUT2D eigenvalue weighted by Crippen LogP contribution is 2.42. The van der Waals surface area contributed by atoms with Gasteiger partial charge in [0.15, 0.2) is 5.65 Å². The fourth-order valence-electron chi connectivity index (χ4n) is 2.67. The number of aromatic nitrogens is 4. The highest BCUT2D eigenvalue weighted by Gasteiger charge is 2.41. The van der Waals surface area contributed by atoms with Crippen LogP contribution in [-0.4, -0.2) is 26.1 Å². The summed E-state index contributed by atoms with van der Waals surface area (Å²) in [5.74, 6) is -0.364. The largest absolute Gasteiger partial charge is 0.391 e. The molecule has 2 heterocycles. The molecule has 0 bridgehead atoms. The van der Waals surface area contributed by atoms with Gasteiger partial charge in [-0.25, -0.2) is 15.0 Å². The smallest absolute Gasteiger partial charge is 0.339 e. The van der Waals surface area contributed by atoms with Gasteiger partial charge in [-0.15, -0.1) is 0 Å². The van der Waals surface area contributed by atoms with Crippen molar-refractivity contribution in [2.45, 2.75) is 37.8 Å². The summed E-state index contributed by atoms with van der Waals surface area (Å²) in [4.78, 5) is 15.3.